The van der Waals surface area contributed by atoms with Crippen LogP contribution in [0.2, 0.25) is 0 Å². The lowest BCUT2D eigenvalue weighted by molar-refractivity contribution is 0.0600. The molecule has 7 nitrogen and oxygen atoms in total. The summed E-state index contributed by atoms with van der Waals surface area (Å²) in [4.78, 5) is 30.1. The molecule has 4 rings (SSSR count). The van der Waals surface area contributed by atoms with Crippen LogP contribution < -0.4 is 5.32 Å². The molecule has 0 aliphatic rings. The highest BCUT2D eigenvalue weighted by atomic mass is 32.1. The van der Waals surface area contributed by atoms with E-state index in [1.807, 2.05) is 17.5 Å². The minimum atomic E-state index is -0.475. The van der Waals surface area contributed by atoms with Crippen LogP contribution in [0.5, 0.6) is 0 Å². The van der Waals surface area contributed by atoms with E-state index in [4.69, 9.17) is 9.26 Å². The second kappa shape index (κ2) is 7.24. The molecule has 0 radical (unpaired) electrons. The molecule has 8 heteroatoms. The van der Waals surface area contributed by atoms with Crippen LogP contribution in [-0.4, -0.2) is 29.1 Å². The minimum absolute atomic E-state index is 0.303. The highest BCUT2D eigenvalue weighted by molar-refractivity contribution is 7.13. The molecular weight excluding hydrogens is 378 g/mol. The van der Waals surface area contributed by atoms with E-state index in [0.717, 1.165) is 4.88 Å². The number of benzene rings is 1. The number of methoxy groups -OCH3 is 1. The number of fused-ring (bicyclic) bond motifs is 1. The molecule has 0 saturated heterocycles. The lowest BCUT2D eigenvalue weighted by Gasteiger charge is -2.09. The van der Waals surface area contributed by atoms with Crippen molar-refractivity contribution in [3.63, 3.8) is 0 Å². The number of hydrogen-bond donors (Lipinski definition) is 1. The number of amides is 1. The molecule has 3 heterocycles. The number of ether oxygens (including phenoxy) is 1. The Morgan fingerprint density at radius 3 is 2.79 bits per heavy atom. The van der Waals surface area contributed by atoms with Gasteiger partial charge in [-0.25, -0.2) is 9.78 Å². The van der Waals surface area contributed by atoms with Gasteiger partial charge in [-0.1, -0.05) is 17.3 Å². The zero-order valence-corrected chi connectivity index (χ0v) is 15.9. The largest absolute Gasteiger partial charge is 0.465 e. The fraction of sp³-hybridized carbons (Fsp3) is 0.100. The van der Waals surface area contributed by atoms with Crippen LogP contribution in [0.3, 0.4) is 0 Å². The van der Waals surface area contributed by atoms with Crippen LogP contribution in [0.15, 0.2) is 52.4 Å². The van der Waals surface area contributed by atoms with Gasteiger partial charge in [0, 0.05) is 5.69 Å². The molecule has 0 bridgehead atoms. The van der Waals surface area contributed by atoms with Crippen molar-refractivity contribution in [2.45, 2.75) is 6.92 Å². The number of aromatic nitrogens is 2. The second-order valence-electron chi connectivity index (χ2n) is 6.01. The average Bonchev–Trinajstić information content (AvgIpc) is 3.37. The molecule has 4 aromatic rings. The molecule has 1 N–H and O–H groups in total. The van der Waals surface area contributed by atoms with Crippen molar-refractivity contribution in [1.29, 1.82) is 0 Å². The number of nitrogens with zero attached hydrogens (tertiary/aromatic N) is 2. The van der Waals surface area contributed by atoms with Crippen LogP contribution in [0.4, 0.5) is 5.69 Å². The topological polar surface area (TPSA) is 94.3 Å². The number of pyridine rings is 1. The standard InChI is InChI=1S/C20H15N3O4S/c1-11-17-14(10-15(16-7-4-8-28-16)22-19(17)27-23-11)18(24)21-13-6-3-5-12(9-13)20(25)26-2/h3-10H,1-2H3,(H,21,24). The highest BCUT2D eigenvalue weighted by Crippen LogP contribution is 2.30. The maximum Gasteiger partial charge on any atom is 0.337 e. The Balaban J connectivity index is 1.75. The molecule has 3 aromatic heterocycles. The summed E-state index contributed by atoms with van der Waals surface area (Å²) in [5, 5.41) is 9.25. The molecule has 0 spiro atoms. The van der Waals surface area contributed by atoms with Crippen LogP contribution >= 0.6 is 11.3 Å². The smallest absolute Gasteiger partial charge is 0.337 e. The fourth-order valence-electron chi connectivity index (χ4n) is 2.86. The predicted molar refractivity (Wildman–Crippen MR) is 106 cm³/mol. The normalized spacial score (nSPS) is 10.8. The van der Waals surface area contributed by atoms with E-state index in [1.54, 1.807) is 37.3 Å². The van der Waals surface area contributed by atoms with E-state index in [-0.39, 0.29) is 5.91 Å². The molecular formula is C20H15N3O4S. The Bertz CT molecular complexity index is 1180. The zero-order valence-electron chi connectivity index (χ0n) is 15.1. The van der Waals surface area contributed by atoms with Crippen molar-refractivity contribution in [1.82, 2.24) is 10.1 Å². The Morgan fingerprint density at radius 2 is 2.04 bits per heavy atom. The summed E-state index contributed by atoms with van der Waals surface area (Å²) in [5.41, 5.74) is 2.73. The predicted octanol–water partition coefficient (Wildman–Crippen LogP) is 4.30. The van der Waals surface area contributed by atoms with E-state index in [0.29, 0.717) is 39.3 Å². The Labute approximate surface area is 163 Å². The molecule has 1 amide bonds. The van der Waals surface area contributed by atoms with Gasteiger partial charge in [-0.05, 0) is 42.6 Å². The first-order valence-corrected chi connectivity index (χ1v) is 9.25. The quantitative estimate of drug-likeness (QED) is 0.520. The van der Waals surface area contributed by atoms with Gasteiger partial charge in [0.2, 0.25) is 0 Å². The number of aryl methyl sites for hydroxylation is 1. The molecule has 0 atom stereocenters. The average molecular weight is 393 g/mol. The van der Waals surface area contributed by atoms with Gasteiger partial charge in [0.15, 0.2) is 0 Å². The summed E-state index contributed by atoms with van der Waals surface area (Å²) in [7, 11) is 1.31. The summed E-state index contributed by atoms with van der Waals surface area (Å²) in [6.45, 7) is 1.76. The second-order valence-corrected chi connectivity index (χ2v) is 6.95. The Hall–Kier alpha value is -3.52. The van der Waals surface area contributed by atoms with Crippen LogP contribution in [-0.2, 0) is 4.74 Å². The molecule has 0 saturated carbocycles. The third-order valence-corrected chi connectivity index (χ3v) is 5.07. The molecule has 1 aromatic carbocycles. The molecule has 0 aliphatic carbocycles. The first-order chi connectivity index (χ1) is 13.6. The van der Waals surface area contributed by atoms with Crippen molar-refractivity contribution in [3.8, 4) is 10.6 Å². The third-order valence-electron chi connectivity index (χ3n) is 4.18. The van der Waals surface area contributed by atoms with Gasteiger partial charge in [-0.3, -0.25) is 4.79 Å². The van der Waals surface area contributed by atoms with Gasteiger partial charge < -0.3 is 14.6 Å². The number of thiophene rings is 1. The molecule has 28 heavy (non-hydrogen) atoms. The molecule has 0 unspecified atom stereocenters. The minimum Gasteiger partial charge on any atom is -0.465 e. The number of hydrogen-bond acceptors (Lipinski definition) is 7. The maximum absolute atomic E-state index is 13.0. The number of anilines is 1. The van der Waals surface area contributed by atoms with E-state index in [1.165, 1.54) is 18.4 Å². The van der Waals surface area contributed by atoms with Crippen molar-refractivity contribution >= 4 is 40.0 Å². The SMILES string of the molecule is COC(=O)c1cccc(NC(=O)c2cc(-c3cccs3)nc3onc(C)c23)c1. The first-order valence-electron chi connectivity index (χ1n) is 8.37. The van der Waals surface area contributed by atoms with Crippen LogP contribution in [0.25, 0.3) is 21.7 Å². The summed E-state index contributed by atoms with van der Waals surface area (Å²) in [6, 6.07) is 12.1. The van der Waals surface area contributed by atoms with Crippen molar-refractivity contribution in [2.24, 2.45) is 0 Å². The number of nitrogens with one attached hydrogen (secondary N) is 1. The van der Waals surface area contributed by atoms with Crippen molar-refractivity contribution in [2.75, 3.05) is 12.4 Å². The van der Waals surface area contributed by atoms with Crippen molar-refractivity contribution < 1.29 is 18.8 Å². The van der Waals surface area contributed by atoms with E-state index in [2.05, 4.69) is 15.5 Å². The zero-order chi connectivity index (χ0) is 19.7. The number of esters is 1. The van der Waals surface area contributed by atoms with Gasteiger partial charge in [-0.15, -0.1) is 11.3 Å². The van der Waals surface area contributed by atoms with Gasteiger partial charge in [0.1, 0.15) is 0 Å². The number of carbonyl (C=O) groups is 2. The lowest BCUT2D eigenvalue weighted by Crippen LogP contribution is -2.13. The molecule has 0 fully saturated rings. The van der Waals surface area contributed by atoms with Gasteiger partial charge in [0.05, 0.1) is 39.9 Å². The third kappa shape index (κ3) is 3.25. The van der Waals surface area contributed by atoms with Crippen LogP contribution in [0, 0.1) is 6.92 Å². The monoisotopic (exact) mass is 393 g/mol. The first kappa shape index (κ1) is 17.9. The highest BCUT2D eigenvalue weighted by Gasteiger charge is 2.20. The summed E-state index contributed by atoms with van der Waals surface area (Å²) < 4.78 is 10.0. The number of carbonyl (C=O) groups excluding carboxylic acids is 2. The number of rotatable bonds is 4. The molecule has 0 aliphatic heterocycles. The van der Waals surface area contributed by atoms with E-state index in [9.17, 15) is 9.59 Å². The van der Waals surface area contributed by atoms with Crippen molar-refractivity contribution in [3.05, 3.63) is 64.7 Å². The Kier molecular flexibility index (Phi) is 4.62. The summed E-state index contributed by atoms with van der Waals surface area (Å²) in [5.74, 6) is -0.823. The van der Waals surface area contributed by atoms with Gasteiger partial charge >= 0.3 is 5.97 Å². The molecule has 140 valence electrons. The van der Waals surface area contributed by atoms with Gasteiger partial charge in [0.25, 0.3) is 11.6 Å². The Morgan fingerprint density at radius 1 is 1.18 bits per heavy atom. The van der Waals surface area contributed by atoms with E-state index >= 15 is 0 Å². The van der Waals surface area contributed by atoms with E-state index < -0.39 is 5.97 Å². The summed E-state index contributed by atoms with van der Waals surface area (Å²) in [6.07, 6.45) is 0. The van der Waals surface area contributed by atoms with Crippen LogP contribution in [0.1, 0.15) is 26.4 Å². The van der Waals surface area contributed by atoms with Gasteiger partial charge in [-0.2, -0.15) is 0 Å². The maximum atomic E-state index is 13.0. The lowest BCUT2D eigenvalue weighted by atomic mass is 10.1. The summed E-state index contributed by atoms with van der Waals surface area (Å²) >= 11 is 1.52. The fourth-order valence-corrected chi connectivity index (χ4v) is 3.55.